The number of ether oxygens (including phenoxy) is 3. The molecule has 0 unspecified atom stereocenters. The molecule has 5 heterocycles. The highest BCUT2D eigenvalue weighted by Crippen LogP contribution is 2.60. The number of nitrogens with zero attached hydrogens (tertiary/aromatic N) is 1. The van der Waals surface area contributed by atoms with Crippen molar-refractivity contribution in [3.05, 3.63) is 18.2 Å². The first-order valence-electron chi connectivity index (χ1n) is 12.4. The fourth-order valence-electron chi connectivity index (χ4n) is 6.26. The summed E-state index contributed by atoms with van der Waals surface area (Å²) in [7, 11) is 0. The standard InChI is InChI=1S/C24H35N3O7/c1-14-4-5-18-15(2)21(31-22-24(18)17(14)8-10-23(3,32-22)33-34-24)30-20(29)7-6-19(28)26-11-9-16-12-25-13-27-16/h12-15,17-18,21-22H,4-11H2,1-3H3,(H,25,27)(H,26,28)/t14-,15-,17+,18+,21-,22-,23+,24-/m1/s1. The van der Waals surface area contributed by atoms with E-state index in [1.165, 1.54) is 0 Å². The largest absolute Gasteiger partial charge is 0.435 e. The van der Waals surface area contributed by atoms with Crippen LogP contribution in [0.4, 0.5) is 0 Å². The van der Waals surface area contributed by atoms with Crippen LogP contribution in [0.15, 0.2) is 12.5 Å². The van der Waals surface area contributed by atoms with E-state index in [0.29, 0.717) is 18.9 Å². The van der Waals surface area contributed by atoms with E-state index in [9.17, 15) is 9.59 Å². The summed E-state index contributed by atoms with van der Waals surface area (Å²) in [6, 6.07) is 0. The summed E-state index contributed by atoms with van der Waals surface area (Å²) in [4.78, 5) is 43.6. The van der Waals surface area contributed by atoms with Gasteiger partial charge in [-0.15, -0.1) is 0 Å². The first-order chi connectivity index (χ1) is 16.3. The summed E-state index contributed by atoms with van der Waals surface area (Å²) >= 11 is 0. The molecule has 188 valence electrons. The molecule has 2 N–H and O–H groups in total. The number of amides is 1. The quantitative estimate of drug-likeness (QED) is 0.454. The maximum absolute atomic E-state index is 12.6. The first-order valence-corrected chi connectivity index (χ1v) is 12.4. The van der Waals surface area contributed by atoms with Gasteiger partial charge in [-0.25, -0.2) is 14.8 Å². The molecule has 5 fully saturated rings. The minimum Gasteiger partial charge on any atom is -0.435 e. The number of nitrogens with one attached hydrogen (secondary N) is 2. The van der Waals surface area contributed by atoms with E-state index < -0.39 is 29.9 Å². The lowest BCUT2D eigenvalue weighted by Gasteiger charge is -2.59. The van der Waals surface area contributed by atoms with E-state index >= 15 is 0 Å². The van der Waals surface area contributed by atoms with Crippen molar-refractivity contribution >= 4 is 11.9 Å². The molecule has 0 radical (unpaired) electrons. The van der Waals surface area contributed by atoms with E-state index in [2.05, 4.69) is 22.2 Å². The number of fused-ring (bicyclic) bond motifs is 2. The first kappa shape index (κ1) is 23.7. The molecule has 1 aromatic heterocycles. The summed E-state index contributed by atoms with van der Waals surface area (Å²) < 4.78 is 18.3. The van der Waals surface area contributed by atoms with Gasteiger partial charge in [-0.2, -0.15) is 0 Å². The molecule has 34 heavy (non-hydrogen) atoms. The van der Waals surface area contributed by atoms with Gasteiger partial charge in [0, 0.05) is 49.5 Å². The van der Waals surface area contributed by atoms with Gasteiger partial charge in [-0.05, 0) is 38.0 Å². The average molecular weight is 478 g/mol. The van der Waals surface area contributed by atoms with Crippen LogP contribution < -0.4 is 5.32 Å². The van der Waals surface area contributed by atoms with Crippen LogP contribution in [0.5, 0.6) is 0 Å². The highest BCUT2D eigenvalue weighted by atomic mass is 17.3. The monoisotopic (exact) mass is 477 g/mol. The minimum absolute atomic E-state index is 0.0131. The Hall–Kier alpha value is -2.01. The van der Waals surface area contributed by atoms with Crippen molar-refractivity contribution in [3.63, 3.8) is 0 Å². The Morgan fingerprint density at radius 2 is 2.06 bits per heavy atom. The highest BCUT2D eigenvalue weighted by Gasteiger charge is 2.69. The van der Waals surface area contributed by atoms with Gasteiger partial charge in [-0.3, -0.25) is 9.59 Å². The molecule has 10 heteroatoms. The summed E-state index contributed by atoms with van der Waals surface area (Å²) in [5.41, 5.74) is 0.253. The second-order valence-corrected chi connectivity index (χ2v) is 10.4. The minimum atomic E-state index is -0.874. The number of hydrogen-bond acceptors (Lipinski definition) is 8. The Balaban J connectivity index is 1.18. The molecule has 1 amide bonds. The number of aromatic nitrogens is 2. The van der Waals surface area contributed by atoms with Gasteiger partial charge in [0.15, 0.2) is 11.9 Å². The molecule has 5 aliphatic rings. The zero-order chi connectivity index (χ0) is 23.9. The van der Waals surface area contributed by atoms with Crippen molar-refractivity contribution < 1.29 is 33.6 Å². The second kappa shape index (κ2) is 9.22. The lowest BCUT2D eigenvalue weighted by Crippen LogP contribution is -2.70. The summed E-state index contributed by atoms with van der Waals surface area (Å²) in [5.74, 6) is -0.814. The molecule has 4 aliphatic heterocycles. The Bertz CT molecular complexity index is 895. The fourth-order valence-corrected chi connectivity index (χ4v) is 6.26. The normalized spacial score (nSPS) is 40.8. The lowest BCUT2D eigenvalue weighted by atomic mass is 9.58. The van der Waals surface area contributed by atoms with Crippen molar-refractivity contribution in [2.75, 3.05) is 6.54 Å². The molecule has 0 aromatic carbocycles. The van der Waals surface area contributed by atoms with Gasteiger partial charge >= 0.3 is 5.97 Å². The molecule has 10 nitrogen and oxygen atoms in total. The number of aromatic amines is 1. The Morgan fingerprint density at radius 3 is 2.85 bits per heavy atom. The summed E-state index contributed by atoms with van der Waals surface area (Å²) in [6.45, 7) is 6.63. The molecule has 1 saturated carbocycles. The van der Waals surface area contributed by atoms with Crippen LogP contribution in [0.3, 0.4) is 0 Å². The number of carbonyl (C=O) groups excluding carboxylic acids is 2. The van der Waals surface area contributed by atoms with Crippen LogP contribution in [0.25, 0.3) is 0 Å². The molecule has 2 bridgehead atoms. The lowest BCUT2D eigenvalue weighted by molar-refractivity contribution is -0.576. The van der Waals surface area contributed by atoms with Crippen molar-refractivity contribution in [2.45, 2.75) is 89.7 Å². The average Bonchev–Trinajstić information content (AvgIpc) is 3.22. The Morgan fingerprint density at radius 1 is 1.21 bits per heavy atom. The number of H-pyrrole nitrogens is 1. The van der Waals surface area contributed by atoms with Crippen LogP contribution in [-0.4, -0.2) is 52.4 Å². The van der Waals surface area contributed by atoms with E-state index in [4.69, 9.17) is 24.0 Å². The van der Waals surface area contributed by atoms with E-state index in [0.717, 1.165) is 31.4 Å². The van der Waals surface area contributed by atoms with Crippen molar-refractivity contribution in [3.8, 4) is 0 Å². The zero-order valence-corrected chi connectivity index (χ0v) is 20.1. The van der Waals surface area contributed by atoms with Gasteiger partial charge in [0.05, 0.1) is 12.7 Å². The highest BCUT2D eigenvalue weighted by molar-refractivity contribution is 5.81. The smallest absolute Gasteiger partial charge is 0.308 e. The number of rotatable bonds is 7. The van der Waals surface area contributed by atoms with Gasteiger partial charge in [0.25, 0.3) is 0 Å². The van der Waals surface area contributed by atoms with Gasteiger partial charge < -0.3 is 24.5 Å². The molecule has 1 aromatic rings. The number of imidazole rings is 1. The number of esters is 1. The van der Waals surface area contributed by atoms with Crippen LogP contribution in [0.1, 0.15) is 65.0 Å². The van der Waals surface area contributed by atoms with Gasteiger partial charge in [0.2, 0.25) is 18.0 Å². The maximum Gasteiger partial charge on any atom is 0.308 e. The van der Waals surface area contributed by atoms with Crippen LogP contribution in [-0.2, 0) is 40.0 Å². The second-order valence-electron chi connectivity index (χ2n) is 10.4. The summed E-state index contributed by atoms with van der Waals surface area (Å²) in [5, 5.41) is 2.81. The number of carbonyl (C=O) groups is 2. The predicted molar refractivity (Wildman–Crippen MR) is 117 cm³/mol. The number of hydrogen-bond donors (Lipinski definition) is 2. The molecule has 8 atom stereocenters. The van der Waals surface area contributed by atoms with Crippen LogP contribution in [0, 0.1) is 23.7 Å². The molecular formula is C24H35N3O7. The molecule has 6 rings (SSSR count). The third-order valence-corrected chi connectivity index (χ3v) is 8.17. The molecular weight excluding hydrogens is 442 g/mol. The van der Waals surface area contributed by atoms with Crippen LogP contribution >= 0.6 is 0 Å². The van der Waals surface area contributed by atoms with Crippen LogP contribution in [0.2, 0.25) is 0 Å². The van der Waals surface area contributed by atoms with Gasteiger partial charge in [-0.1, -0.05) is 13.8 Å². The Kier molecular flexibility index (Phi) is 6.43. The maximum atomic E-state index is 12.6. The van der Waals surface area contributed by atoms with E-state index in [1.54, 1.807) is 12.5 Å². The molecule has 1 spiro atoms. The van der Waals surface area contributed by atoms with Gasteiger partial charge in [0.1, 0.15) is 0 Å². The summed E-state index contributed by atoms with van der Waals surface area (Å²) in [6.07, 6.45) is 6.28. The third-order valence-electron chi connectivity index (χ3n) is 8.17. The molecule has 1 aliphatic carbocycles. The Labute approximate surface area is 199 Å². The van der Waals surface area contributed by atoms with Crippen molar-refractivity contribution in [1.82, 2.24) is 15.3 Å². The van der Waals surface area contributed by atoms with Crippen molar-refractivity contribution in [2.24, 2.45) is 23.7 Å². The van der Waals surface area contributed by atoms with Crippen molar-refractivity contribution in [1.29, 1.82) is 0 Å². The fraction of sp³-hybridized carbons (Fsp3) is 0.792. The predicted octanol–water partition coefficient (Wildman–Crippen LogP) is 2.60. The SMILES string of the molecule is C[C@H]1[C@H](OC(=O)CCC(=O)NCCc2cnc[nH]2)O[C@@H]2O[C@]3(C)CC[C@H]4[C@H](C)CC[C@@H]1[C@@]24OO3. The zero-order valence-electron chi connectivity index (χ0n) is 20.1. The van der Waals surface area contributed by atoms with E-state index in [-0.39, 0.29) is 36.5 Å². The topological polar surface area (TPSA) is 121 Å². The van der Waals surface area contributed by atoms with E-state index in [1.807, 2.05) is 13.8 Å². The third kappa shape index (κ3) is 4.25. The molecule has 4 saturated heterocycles.